The Morgan fingerprint density at radius 2 is 2.13 bits per heavy atom. The van der Waals surface area contributed by atoms with Gasteiger partial charge >= 0.3 is 6.03 Å². The molecular weight excluding hydrogens is 296 g/mol. The topological polar surface area (TPSA) is 94.0 Å². The van der Waals surface area contributed by atoms with Crippen molar-refractivity contribution in [2.24, 2.45) is 0 Å². The second-order valence-corrected chi connectivity index (χ2v) is 4.54. The highest BCUT2D eigenvalue weighted by molar-refractivity contribution is 5.99. The van der Waals surface area contributed by atoms with Crippen molar-refractivity contribution in [2.75, 3.05) is 17.7 Å². The number of methoxy groups -OCH3 is 1. The van der Waals surface area contributed by atoms with E-state index in [1.165, 1.54) is 6.33 Å². The van der Waals surface area contributed by atoms with Gasteiger partial charge in [-0.3, -0.25) is 9.88 Å². The predicted molar refractivity (Wildman–Crippen MR) is 84.8 cm³/mol. The maximum Gasteiger partial charge on any atom is 0.324 e. The van der Waals surface area contributed by atoms with Gasteiger partial charge in [-0.2, -0.15) is 0 Å². The Bertz CT molecular complexity index is 803. The smallest absolute Gasteiger partial charge is 0.324 e. The minimum atomic E-state index is -0.409. The molecule has 116 valence electrons. The number of aromatic nitrogens is 4. The molecule has 1 aromatic carbocycles. The number of rotatable bonds is 4. The van der Waals surface area contributed by atoms with Gasteiger partial charge in [-0.1, -0.05) is 6.07 Å². The summed E-state index contributed by atoms with van der Waals surface area (Å²) in [5, 5.41) is 5.36. The first-order valence-electron chi connectivity index (χ1n) is 6.77. The van der Waals surface area contributed by atoms with E-state index in [1.54, 1.807) is 60.7 Å². The van der Waals surface area contributed by atoms with E-state index in [9.17, 15) is 4.79 Å². The second kappa shape index (κ2) is 6.56. The lowest BCUT2D eigenvalue weighted by Gasteiger charge is -2.09. The molecule has 0 aliphatic rings. The zero-order valence-electron chi connectivity index (χ0n) is 12.3. The molecule has 3 rings (SSSR count). The molecule has 0 saturated heterocycles. The number of urea groups is 1. The Hall–Kier alpha value is -3.42. The van der Waals surface area contributed by atoms with Gasteiger partial charge in [-0.05, 0) is 12.1 Å². The van der Waals surface area contributed by atoms with Gasteiger partial charge in [0.15, 0.2) is 0 Å². The average molecular weight is 310 g/mol. The lowest BCUT2D eigenvalue weighted by Crippen LogP contribution is -2.20. The molecule has 2 aromatic heterocycles. The third-order valence-corrected chi connectivity index (χ3v) is 2.99. The standard InChI is InChI=1S/C15H14N6O2/c1-23-12-4-2-3-11(7-12)19-15(22)20-13-8-14(18-9-17-13)21-6-5-16-10-21/h2-10H,1H3,(H2,17,18,19,20,22). The molecular formula is C15H14N6O2. The van der Waals surface area contributed by atoms with Gasteiger partial charge in [0.2, 0.25) is 0 Å². The normalized spacial score (nSPS) is 10.1. The van der Waals surface area contributed by atoms with Crippen LogP contribution < -0.4 is 15.4 Å². The maximum absolute atomic E-state index is 12.0. The fourth-order valence-electron chi connectivity index (χ4n) is 1.93. The summed E-state index contributed by atoms with van der Waals surface area (Å²) in [6, 6.07) is 8.30. The van der Waals surface area contributed by atoms with E-state index in [4.69, 9.17) is 4.74 Å². The first kappa shape index (κ1) is 14.5. The quantitative estimate of drug-likeness (QED) is 0.771. The van der Waals surface area contributed by atoms with Crippen molar-refractivity contribution in [2.45, 2.75) is 0 Å². The molecule has 0 radical (unpaired) electrons. The predicted octanol–water partition coefficient (Wildman–Crippen LogP) is 2.31. The molecule has 8 heteroatoms. The van der Waals surface area contributed by atoms with Gasteiger partial charge < -0.3 is 10.1 Å². The summed E-state index contributed by atoms with van der Waals surface area (Å²) in [4.78, 5) is 24.1. The first-order chi connectivity index (χ1) is 11.2. The molecule has 0 atom stereocenters. The van der Waals surface area contributed by atoms with Gasteiger partial charge in [0.05, 0.1) is 7.11 Å². The number of carbonyl (C=O) groups is 1. The van der Waals surface area contributed by atoms with Gasteiger partial charge in [-0.25, -0.2) is 19.7 Å². The number of nitrogens with zero attached hydrogens (tertiary/aromatic N) is 4. The summed E-state index contributed by atoms with van der Waals surface area (Å²) < 4.78 is 6.83. The average Bonchev–Trinajstić information content (AvgIpc) is 3.09. The molecule has 0 fully saturated rings. The highest BCUT2D eigenvalue weighted by atomic mass is 16.5. The SMILES string of the molecule is COc1cccc(NC(=O)Nc2cc(-n3ccnc3)ncn2)c1. The summed E-state index contributed by atoms with van der Waals surface area (Å²) in [5.41, 5.74) is 0.616. The number of nitrogens with one attached hydrogen (secondary N) is 2. The molecule has 0 aliphatic heterocycles. The fraction of sp³-hybridized carbons (Fsp3) is 0.0667. The largest absolute Gasteiger partial charge is 0.497 e. The summed E-state index contributed by atoms with van der Waals surface area (Å²) in [6.07, 6.45) is 6.38. The van der Waals surface area contributed by atoms with Crippen LogP contribution in [0.4, 0.5) is 16.3 Å². The number of benzene rings is 1. The number of hydrogen-bond donors (Lipinski definition) is 2. The van der Waals surface area contributed by atoms with Crippen LogP contribution in [0.1, 0.15) is 0 Å². The monoisotopic (exact) mass is 310 g/mol. The van der Waals surface area contributed by atoms with Crippen molar-refractivity contribution in [3.63, 3.8) is 0 Å². The molecule has 2 heterocycles. The molecule has 0 aliphatic carbocycles. The van der Waals surface area contributed by atoms with Crippen molar-refractivity contribution in [3.8, 4) is 11.6 Å². The van der Waals surface area contributed by atoms with Crippen LogP contribution in [-0.4, -0.2) is 32.7 Å². The maximum atomic E-state index is 12.0. The van der Waals surface area contributed by atoms with Gasteiger partial charge in [0.1, 0.15) is 30.0 Å². The molecule has 2 amide bonds. The third-order valence-electron chi connectivity index (χ3n) is 2.99. The van der Waals surface area contributed by atoms with Crippen LogP contribution in [0.15, 0.2) is 55.4 Å². The summed E-state index contributed by atoms with van der Waals surface area (Å²) in [6.45, 7) is 0. The van der Waals surface area contributed by atoms with Crippen LogP contribution in [0.3, 0.4) is 0 Å². The van der Waals surface area contributed by atoms with E-state index in [1.807, 2.05) is 0 Å². The minimum Gasteiger partial charge on any atom is -0.497 e. The van der Waals surface area contributed by atoms with Crippen molar-refractivity contribution < 1.29 is 9.53 Å². The number of ether oxygens (including phenoxy) is 1. The molecule has 23 heavy (non-hydrogen) atoms. The molecule has 0 bridgehead atoms. The van der Waals surface area contributed by atoms with Crippen LogP contribution in [-0.2, 0) is 0 Å². The van der Waals surface area contributed by atoms with Crippen LogP contribution in [0, 0.1) is 0 Å². The molecule has 0 spiro atoms. The summed E-state index contributed by atoms with van der Waals surface area (Å²) >= 11 is 0. The Kier molecular flexibility index (Phi) is 4.14. The van der Waals surface area contributed by atoms with E-state index >= 15 is 0 Å². The van der Waals surface area contributed by atoms with Crippen LogP contribution in [0.5, 0.6) is 5.75 Å². The third kappa shape index (κ3) is 3.62. The van der Waals surface area contributed by atoms with Gasteiger partial charge in [0.25, 0.3) is 0 Å². The van der Waals surface area contributed by atoms with Crippen molar-refractivity contribution in [1.82, 2.24) is 19.5 Å². The van der Waals surface area contributed by atoms with Crippen LogP contribution >= 0.6 is 0 Å². The molecule has 3 aromatic rings. The number of amides is 2. The van der Waals surface area contributed by atoms with Gasteiger partial charge in [-0.15, -0.1) is 0 Å². The molecule has 8 nitrogen and oxygen atoms in total. The zero-order chi connectivity index (χ0) is 16.1. The number of imidazole rings is 1. The Balaban J connectivity index is 1.69. The summed E-state index contributed by atoms with van der Waals surface area (Å²) in [7, 11) is 1.57. The molecule has 2 N–H and O–H groups in total. The van der Waals surface area contributed by atoms with E-state index in [2.05, 4.69) is 25.6 Å². The lowest BCUT2D eigenvalue weighted by molar-refractivity contribution is 0.262. The van der Waals surface area contributed by atoms with Crippen molar-refractivity contribution in [1.29, 1.82) is 0 Å². The molecule has 0 saturated carbocycles. The second-order valence-electron chi connectivity index (χ2n) is 4.54. The fourth-order valence-corrected chi connectivity index (χ4v) is 1.93. The van der Waals surface area contributed by atoms with Crippen LogP contribution in [0.2, 0.25) is 0 Å². The van der Waals surface area contributed by atoms with E-state index in [-0.39, 0.29) is 0 Å². The van der Waals surface area contributed by atoms with Crippen molar-refractivity contribution >= 4 is 17.5 Å². The Morgan fingerprint density at radius 1 is 1.22 bits per heavy atom. The minimum absolute atomic E-state index is 0.379. The van der Waals surface area contributed by atoms with E-state index in [0.717, 1.165) is 0 Å². The van der Waals surface area contributed by atoms with Gasteiger partial charge in [0, 0.05) is 30.2 Å². The number of carbonyl (C=O) groups excluding carboxylic acids is 1. The lowest BCUT2D eigenvalue weighted by atomic mass is 10.3. The highest BCUT2D eigenvalue weighted by Crippen LogP contribution is 2.17. The number of anilines is 2. The Morgan fingerprint density at radius 3 is 2.91 bits per heavy atom. The summed E-state index contributed by atoms with van der Waals surface area (Å²) in [5.74, 6) is 1.64. The van der Waals surface area contributed by atoms with E-state index in [0.29, 0.717) is 23.1 Å². The number of hydrogen-bond acceptors (Lipinski definition) is 5. The van der Waals surface area contributed by atoms with E-state index < -0.39 is 6.03 Å². The van der Waals surface area contributed by atoms with Crippen LogP contribution in [0.25, 0.3) is 5.82 Å². The first-order valence-corrected chi connectivity index (χ1v) is 6.77. The Labute approximate surface area is 132 Å². The molecule has 0 unspecified atom stereocenters. The zero-order valence-corrected chi connectivity index (χ0v) is 12.3. The van der Waals surface area contributed by atoms with Crippen molar-refractivity contribution in [3.05, 3.63) is 55.4 Å². The highest BCUT2D eigenvalue weighted by Gasteiger charge is 2.06.